The topological polar surface area (TPSA) is 68.5 Å². The van der Waals surface area contributed by atoms with Crippen molar-refractivity contribution in [1.29, 1.82) is 0 Å². The highest BCUT2D eigenvalue weighted by molar-refractivity contribution is 5.77. The van der Waals surface area contributed by atoms with Crippen molar-refractivity contribution < 1.29 is 27.2 Å². The van der Waals surface area contributed by atoms with Crippen LogP contribution in [0, 0.1) is 0 Å². The molecule has 0 N–H and O–H groups in total. The number of aromatic nitrogens is 2. The highest BCUT2D eigenvalue weighted by atomic mass is 19.4. The number of nitrogens with zero attached hydrogens (tertiary/aromatic N) is 3. The zero-order valence-corrected chi connectivity index (χ0v) is 12.5. The van der Waals surface area contributed by atoms with Crippen LogP contribution in [0.4, 0.5) is 13.2 Å². The van der Waals surface area contributed by atoms with Crippen LogP contribution in [0.2, 0.25) is 0 Å². The Balaban J connectivity index is 1.52. The van der Waals surface area contributed by atoms with E-state index >= 15 is 0 Å². The molecule has 9 heteroatoms. The third kappa shape index (κ3) is 4.21. The summed E-state index contributed by atoms with van der Waals surface area (Å²) in [5.41, 5.74) is 0. The number of carbonyl (C=O) groups excluding carboxylic acids is 1. The molecule has 1 saturated heterocycles. The van der Waals surface area contributed by atoms with Gasteiger partial charge in [0.2, 0.25) is 11.8 Å². The summed E-state index contributed by atoms with van der Waals surface area (Å²) >= 11 is 0. The second kappa shape index (κ2) is 6.46. The van der Waals surface area contributed by atoms with Gasteiger partial charge in [-0.25, -0.2) is 0 Å². The largest absolute Gasteiger partial charge is 0.411 e. The van der Waals surface area contributed by atoms with E-state index in [-0.39, 0.29) is 25.0 Å². The van der Waals surface area contributed by atoms with E-state index in [1.807, 2.05) is 0 Å². The molecular formula is C14H18F3N3O3. The summed E-state index contributed by atoms with van der Waals surface area (Å²) in [7, 11) is 0. The average Bonchev–Trinajstić information content (AvgIpc) is 3.02. The fourth-order valence-electron chi connectivity index (χ4n) is 2.70. The third-order valence-electron chi connectivity index (χ3n) is 3.98. The molecule has 1 aliphatic heterocycles. The lowest BCUT2D eigenvalue weighted by atomic mass is 10.2. The van der Waals surface area contributed by atoms with Gasteiger partial charge >= 0.3 is 6.18 Å². The molecular weight excluding hydrogens is 315 g/mol. The molecule has 6 nitrogen and oxygen atoms in total. The lowest BCUT2D eigenvalue weighted by Crippen LogP contribution is -2.32. The Morgan fingerprint density at radius 2 is 2.13 bits per heavy atom. The van der Waals surface area contributed by atoms with Gasteiger partial charge in [0.1, 0.15) is 6.61 Å². The summed E-state index contributed by atoms with van der Waals surface area (Å²) in [5, 5.41) is 3.96. The molecule has 3 rings (SSSR count). The van der Waals surface area contributed by atoms with Crippen molar-refractivity contribution in [2.24, 2.45) is 0 Å². The number of amides is 1. The first kappa shape index (κ1) is 16.2. The highest BCUT2D eigenvalue weighted by Gasteiger charge is 2.36. The smallest absolute Gasteiger partial charge is 0.372 e. The second-order valence-electron chi connectivity index (χ2n) is 5.93. The van der Waals surface area contributed by atoms with Crippen molar-refractivity contribution in [1.82, 2.24) is 15.0 Å². The van der Waals surface area contributed by atoms with Gasteiger partial charge in [-0.15, -0.1) is 0 Å². The predicted octanol–water partition coefficient (Wildman–Crippen LogP) is 2.58. The maximum atomic E-state index is 12.2. The van der Waals surface area contributed by atoms with Crippen molar-refractivity contribution in [2.75, 3.05) is 19.8 Å². The van der Waals surface area contributed by atoms with Gasteiger partial charge in [-0.1, -0.05) is 5.16 Å². The fraction of sp³-hybridized carbons (Fsp3) is 0.786. The van der Waals surface area contributed by atoms with Crippen molar-refractivity contribution >= 4 is 5.91 Å². The summed E-state index contributed by atoms with van der Waals surface area (Å²) in [6.45, 7) is -1.03. The van der Waals surface area contributed by atoms with Crippen LogP contribution in [-0.4, -0.2) is 46.9 Å². The van der Waals surface area contributed by atoms with Gasteiger partial charge in [0.05, 0.1) is 19.1 Å². The zero-order valence-electron chi connectivity index (χ0n) is 12.5. The third-order valence-corrected chi connectivity index (χ3v) is 3.98. The molecule has 1 aromatic heterocycles. The molecule has 1 atom stereocenters. The minimum atomic E-state index is -4.37. The molecule has 1 amide bonds. The Hall–Kier alpha value is -1.64. The molecule has 0 bridgehead atoms. The van der Waals surface area contributed by atoms with Crippen LogP contribution in [-0.2, 0) is 9.53 Å². The molecule has 1 aliphatic carbocycles. The van der Waals surface area contributed by atoms with E-state index in [4.69, 9.17) is 4.52 Å². The van der Waals surface area contributed by atoms with Gasteiger partial charge in [0.15, 0.2) is 5.82 Å². The normalized spacial score (nSPS) is 21.9. The first-order valence-electron chi connectivity index (χ1n) is 7.71. The number of rotatable bonds is 6. The maximum Gasteiger partial charge on any atom is 0.411 e. The van der Waals surface area contributed by atoms with Crippen LogP contribution in [0.25, 0.3) is 0 Å². The first-order chi connectivity index (χ1) is 10.9. The van der Waals surface area contributed by atoms with Gasteiger partial charge in [-0.2, -0.15) is 18.2 Å². The fourth-order valence-corrected chi connectivity index (χ4v) is 2.70. The lowest BCUT2D eigenvalue weighted by molar-refractivity contribution is -0.175. The van der Waals surface area contributed by atoms with Crippen LogP contribution < -0.4 is 0 Å². The standard InChI is InChI=1S/C14H18F3N3O3/c15-14(16,17)8-22-7-5-11(21)20-6-1-2-10(20)12-18-13(23-19-12)9-3-4-9/h9-10H,1-8H2/t10-/m0/s1. The number of carbonyl (C=O) groups is 1. The predicted molar refractivity (Wildman–Crippen MR) is 71.5 cm³/mol. The van der Waals surface area contributed by atoms with E-state index in [0.717, 1.165) is 25.7 Å². The lowest BCUT2D eigenvalue weighted by Gasteiger charge is -2.22. The molecule has 0 spiro atoms. The summed E-state index contributed by atoms with van der Waals surface area (Å²) in [6, 6.07) is -0.249. The molecule has 2 fully saturated rings. The Morgan fingerprint density at radius 1 is 1.35 bits per heavy atom. The number of ether oxygens (including phenoxy) is 1. The van der Waals surface area contributed by atoms with Crippen molar-refractivity contribution in [3.8, 4) is 0 Å². The second-order valence-corrected chi connectivity index (χ2v) is 5.93. The average molecular weight is 333 g/mol. The number of hydrogen-bond donors (Lipinski definition) is 0. The summed E-state index contributed by atoms with van der Waals surface area (Å²) < 4.78 is 45.7. The molecule has 1 aromatic rings. The number of alkyl halides is 3. The molecule has 0 aromatic carbocycles. The van der Waals surface area contributed by atoms with Crippen molar-refractivity contribution in [3.63, 3.8) is 0 Å². The molecule has 2 aliphatic rings. The molecule has 23 heavy (non-hydrogen) atoms. The van der Waals surface area contributed by atoms with Gasteiger partial charge in [0.25, 0.3) is 0 Å². The van der Waals surface area contributed by atoms with Crippen LogP contribution in [0.5, 0.6) is 0 Å². The Kier molecular flexibility index (Phi) is 4.56. The number of likely N-dealkylation sites (tertiary alicyclic amines) is 1. The molecule has 2 heterocycles. The van der Waals surface area contributed by atoms with Gasteiger partial charge < -0.3 is 14.2 Å². The molecule has 0 unspecified atom stereocenters. The van der Waals surface area contributed by atoms with E-state index in [2.05, 4.69) is 14.9 Å². The minimum Gasteiger partial charge on any atom is -0.372 e. The van der Waals surface area contributed by atoms with E-state index in [1.165, 1.54) is 0 Å². The van der Waals surface area contributed by atoms with E-state index in [0.29, 0.717) is 24.2 Å². The van der Waals surface area contributed by atoms with Gasteiger partial charge in [-0.3, -0.25) is 4.79 Å². The first-order valence-corrected chi connectivity index (χ1v) is 7.71. The SMILES string of the molecule is O=C(CCOCC(F)(F)F)N1CCC[C@H]1c1noc(C2CC2)n1. The summed E-state index contributed by atoms with van der Waals surface area (Å²) in [6.07, 6.45) is -0.814. The number of hydrogen-bond acceptors (Lipinski definition) is 5. The zero-order chi connectivity index (χ0) is 16.4. The minimum absolute atomic E-state index is 0.0834. The van der Waals surface area contributed by atoms with Gasteiger partial charge in [0, 0.05) is 12.5 Å². The Bertz CT molecular complexity index is 557. The monoisotopic (exact) mass is 333 g/mol. The Labute approximate surface area is 131 Å². The van der Waals surface area contributed by atoms with Crippen LogP contribution in [0.3, 0.4) is 0 Å². The molecule has 1 saturated carbocycles. The maximum absolute atomic E-state index is 12.2. The van der Waals surface area contributed by atoms with Crippen LogP contribution >= 0.6 is 0 Å². The van der Waals surface area contributed by atoms with Crippen molar-refractivity contribution in [2.45, 2.75) is 50.2 Å². The summed E-state index contributed by atoms with van der Waals surface area (Å²) in [4.78, 5) is 18.2. The Morgan fingerprint density at radius 3 is 2.83 bits per heavy atom. The van der Waals surface area contributed by atoms with E-state index in [9.17, 15) is 18.0 Å². The molecule has 0 radical (unpaired) electrons. The van der Waals surface area contributed by atoms with Crippen LogP contribution in [0.15, 0.2) is 4.52 Å². The molecule has 128 valence electrons. The van der Waals surface area contributed by atoms with Gasteiger partial charge in [-0.05, 0) is 25.7 Å². The summed E-state index contributed by atoms with van der Waals surface area (Å²) in [5.74, 6) is 1.21. The van der Waals surface area contributed by atoms with Crippen LogP contribution in [0.1, 0.15) is 55.8 Å². The van der Waals surface area contributed by atoms with E-state index in [1.54, 1.807) is 4.90 Å². The van der Waals surface area contributed by atoms with Crippen molar-refractivity contribution in [3.05, 3.63) is 11.7 Å². The highest BCUT2D eigenvalue weighted by Crippen LogP contribution is 2.40. The number of halogens is 3. The quantitative estimate of drug-likeness (QED) is 0.749. The van der Waals surface area contributed by atoms with E-state index < -0.39 is 12.8 Å².